The van der Waals surface area contributed by atoms with Gasteiger partial charge in [-0.1, -0.05) is 35.9 Å². The van der Waals surface area contributed by atoms with E-state index in [9.17, 15) is 33.9 Å². The Balaban J connectivity index is 0.713. The first kappa shape index (κ1) is 52.3. The fraction of sp³-hybridized carbons (Fsp3) is 0.412. The molecule has 3 aliphatic heterocycles. The summed E-state index contributed by atoms with van der Waals surface area (Å²) in [7, 11) is 1.68. The molecule has 1 aromatic heterocycles. The van der Waals surface area contributed by atoms with Crippen molar-refractivity contribution in [2.45, 2.75) is 32.2 Å². The predicted molar refractivity (Wildman–Crippen MR) is 266 cm³/mol. The topological polar surface area (TPSA) is 232 Å². The van der Waals surface area contributed by atoms with Crippen molar-refractivity contribution in [3.63, 3.8) is 0 Å². The van der Waals surface area contributed by atoms with Gasteiger partial charge in [0.1, 0.15) is 35.5 Å². The number of aromatic hydroxyl groups is 1. The molecule has 0 spiro atoms. The van der Waals surface area contributed by atoms with Crippen LogP contribution in [0.3, 0.4) is 0 Å². The highest BCUT2D eigenvalue weighted by Gasteiger charge is 2.44. The summed E-state index contributed by atoms with van der Waals surface area (Å²) in [5.41, 5.74) is 0.799. The second-order valence-corrected chi connectivity index (χ2v) is 17.9. The molecule has 20 nitrogen and oxygen atoms in total. The second-order valence-electron chi connectivity index (χ2n) is 17.5. The molecule has 6 amide bonds. The van der Waals surface area contributed by atoms with Crippen LogP contribution in [0, 0.1) is 5.82 Å². The first-order chi connectivity index (χ1) is 35.3. The smallest absolute Gasteiger partial charge is 0.262 e. The Labute approximate surface area is 424 Å². The van der Waals surface area contributed by atoms with E-state index in [2.05, 4.69) is 15.6 Å². The predicted octanol–water partition coefficient (Wildman–Crippen LogP) is 4.42. The minimum absolute atomic E-state index is 0.0108. The van der Waals surface area contributed by atoms with E-state index in [1.165, 1.54) is 25.1 Å². The number of ether oxygens (including phenoxy) is 5. The van der Waals surface area contributed by atoms with E-state index in [0.29, 0.717) is 106 Å². The van der Waals surface area contributed by atoms with E-state index < -0.39 is 35.5 Å². The lowest BCUT2D eigenvalue weighted by Crippen LogP contribution is -2.54. The van der Waals surface area contributed by atoms with Gasteiger partial charge in [0.15, 0.2) is 5.82 Å². The maximum atomic E-state index is 16.9. The number of halogens is 2. The van der Waals surface area contributed by atoms with Gasteiger partial charge in [-0.3, -0.25) is 39.0 Å². The third-order valence-corrected chi connectivity index (χ3v) is 12.9. The van der Waals surface area contributed by atoms with Crippen LogP contribution in [-0.2, 0) is 38.1 Å². The summed E-state index contributed by atoms with van der Waals surface area (Å²) in [5, 5.41) is 17.8. The molecule has 1 unspecified atom stereocenters. The molecule has 386 valence electrons. The van der Waals surface area contributed by atoms with Crippen molar-refractivity contribution in [2.24, 2.45) is 0 Å². The van der Waals surface area contributed by atoms with Crippen LogP contribution in [0.1, 0.15) is 46.9 Å². The molecule has 5 aromatic rings. The van der Waals surface area contributed by atoms with Gasteiger partial charge >= 0.3 is 0 Å². The van der Waals surface area contributed by atoms with E-state index >= 15 is 4.39 Å². The van der Waals surface area contributed by atoms with E-state index in [1.54, 1.807) is 35.0 Å². The number of nitrogens with zero attached hydrogens (tertiary/aromatic N) is 6. The number of amides is 6. The number of likely N-dealkylation sites (N-methyl/N-ethyl adjacent to an activating group) is 1. The zero-order chi connectivity index (χ0) is 51.6. The highest BCUT2D eigenvalue weighted by Crippen LogP contribution is 2.42. The monoisotopic (exact) mass is 1030 g/mol. The van der Waals surface area contributed by atoms with Crippen LogP contribution >= 0.6 is 11.6 Å². The molecule has 1 atom stereocenters. The lowest BCUT2D eigenvalue weighted by molar-refractivity contribution is -0.136. The maximum absolute atomic E-state index is 16.9. The first-order valence-corrected chi connectivity index (χ1v) is 24.4. The minimum atomic E-state index is -1.04. The standard InChI is InChI=1S/C51H56ClFN8O12/c1-31(62)59-13-15-60(16-14-59)47-39-30-40(52)44(37-28-33(63)27-32-5-3-4-6-35(32)37)45(53)46(39)56-51(57-47)54-12-11-43(65)58(2)17-18-69-19-20-70-21-22-71-23-24-72-25-26-73-34-7-8-36-38(29-34)50(68)61(49(36)67)41-9-10-42(64)55-48(41)66/h3-8,27-30,41,63H,9-26H2,1-2H3,(H,54,56,57)(H,55,64,66). The lowest BCUT2D eigenvalue weighted by atomic mass is 9.96. The Kier molecular flexibility index (Phi) is 17.3. The number of anilines is 2. The zero-order valence-electron chi connectivity index (χ0n) is 40.5. The van der Waals surface area contributed by atoms with Crippen molar-refractivity contribution in [3.8, 4) is 22.6 Å². The molecule has 3 aliphatic rings. The first-order valence-electron chi connectivity index (χ1n) is 24.0. The quantitative estimate of drug-likeness (QED) is 0.0607. The molecule has 4 heterocycles. The van der Waals surface area contributed by atoms with Crippen LogP contribution < -0.4 is 20.3 Å². The molecule has 4 aromatic carbocycles. The molecule has 8 rings (SSSR count). The maximum Gasteiger partial charge on any atom is 0.262 e. The largest absolute Gasteiger partial charge is 0.508 e. The molecule has 22 heteroatoms. The van der Waals surface area contributed by atoms with Crippen LogP contribution in [-0.4, -0.2) is 177 Å². The van der Waals surface area contributed by atoms with Crippen LogP contribution in [0.2, 0.25) is 5.02 Å². The molecule has 3 N–H and O–H groups in total. The summed E-state index contributed by atoms with van der Waals surface area (Å²) >= 11 is 6.85. The van der Waals surface area contributed by atoms with Crippen molar-refractivity contribution in [1.29, 1.82) is 0 Å². The van der Waals surface area contributed by atoms with Gasteiger partial charge < -0.3 is 48.8 Å². The number of carbonyl (C=O) groups is 6. The van der Waals surface area contributed by atoms with Gasteiger partial charge in [-0.25, -0.2) is 9.37 Å². The number of benzene rings is 4. The van der Waals surface area contributed by atoms with Crippen LogP contribution in [0.4, 0.5) is 16.2 Å². The molecule has 0 aliphatic carbocycles. The number of imide groups is 2. The SMILES string of the molecule is CC(=O)N1CCN(c2nc(NCCC(=O)N(C)CCOCCOCCOCCOCCOc3ccc4c(c3)C(=O)N(C3CCC(=O)NC3=O)C4=O)nc3c(F)c(-c4cc(O)cc5ccccc45)c(Cl)cc23)CC1. The van der Waals surface area contributed by atoms with Crippen molar-refractivity contribution < 1.29 is 61.9 Å². The minimum Gasteiger partial charge on any atom is -0.508 e. The molecule has 73 heavy (non-hydrogen) atoms. The second kappa shape index (κ2) is 24.1. The number of hydrogen-bond acceptors (Lipinski definition) is 16. The third kappa shape index (κ3) is 12.4. The number of rotatable bonds is 23. The number of hydrogen-bond donors (Lipinski definition) is 3. The van der Waals surface area contributed by atoms with E-state index in [0.717, 1.165) is 4.90 Å². The van der Waals surface area contributed by atoms with Crippen molar-refractivity contribution >= 4 is 80.5 Å². The molecule has 2 fully saturated rings. The number of piperazine rings is 1. The molecular formula is C51H56ClFN8O12. The Morgan fingerprint density at radius 2 is 1.49 bits per heavy atom. The van der Waals surface area contributed by atoms with E-state index in [4.69, 9.17) is 40.3 Å². The molecule has 0 bridgehead atoms. The number of aromatic nitrogens is 2. The summed E-state index contributed by atoms with van der Waals surface area (Å²) in [6, 6.07) is 15.5. The Morgan fingerprint density at radius 1 is 0.822 bits per heavy atom. The highest BCUT2D eigenvalue weighted by molar-refractivity contribution is 6.35. The van der Waals surface area contributed by atoms with Crippen molar-refractivity contribution in [2.75, 3.05) is 116 Å². The molecule has 2 saturated heterocycles. The average Bonchev–Trinajstić information content (AvgIpc) is 3.62. The van der Waals surface area contributed by atoms with Crippen molar-refractivity contribution in [3.05, 3.63) is 82.6 Å². The van der Waals surface area contributed by atoms with Gasteiger partial charge in [0.2, 0.25) is 29.6 Å². The summed E-state index contributed by atoms with van der Waals surface area (Å²) in [4.78, 5) is 90.4. The Morgan fingerprint density at radius 3 is 2.19 bits per heavy atom. The zero-order valence-corrected chi connectivity index (χ0v) is 41.2. The van der Waals surface area contributed by atoms with Gasteiger partial charge in [0.05, 0.1) is 69.0 Å². The van der Waals surface area contributed by atoms with E-state index in [-0.39, 0.29) is 96.4 Å². The molecule has 0 radical (unpaired) electrons. The molecule has 0 saturated carbocycles. The highest BCUT2D eigenvalue weighted by atomic mass is 35.5. The van der Waals surface area contributed by atoms with Crippen LogP contribution in [0.25, 0.3) is 32.8 Å². The molecular weight excluding hydrogens is 971 g/mol. The number of carbonyl (C=O) groups excluding carboxylic acids is 6. The Bertz CT molecular complexity index is 2900. The van der Waals surface area contributed by atoms with Gasteiger partial charge in [-0.15, -0.1) is 0 Å². The average molecular weight is 1030 g/mol. The number of phenols is 1. The van der Waals surface area contributed by atoms with Crippen molar-refractivity contribution in [1.82, 2.24) is 30.0 Å². The summed E-state index contributed by atoms with van der Waals surface area (Å²) < 4.78 is 44.9. The number of fused-ring (bicyclic) bond motifs is 3. The fourth-order valence-electron chi connectivity index (χ4n) is 8.80. The Hall–Kier alpha value is -7.04. The normalized spacial score (nSPS) is 15.8. The van der Waals surface area contributed by atoms with Crippen LogP contribution in [0.5, 0.6) is 11.5 Å². The number of nitrogens with one attached hydrogen (secondary N) is 2. The lowest BCUT2D eigenvalue weighted by Gasteiger charge is -2.35. The number of phenolic OH excluding ortho intramolecular Hbond substituents is 1. The van der Waals surface area contributed by atoms with Gasteiger partial charge in [-0.2, -0.15) is 4.98 Å². The fourth-order valence-corrected chi connectivity index (χ4v) is 9.09. The summed E-state index contributed by atoms with van der Waals surface area (Å²) in [6.07, 6.45) is 0.207. The van der Waals surface area contributed by atoms with Gasteiger partial charge in [-0.05, 0) is 59.2 Å². The third-order valence-electron chi connectivity index (χ3n) is 12.6. The van der Waals surface area contributed by atoms with E-state index in [1.807, 2.05) is 29.2 Å². The summed E-state index contributed by atoms with van der Waals surface area (Å²) in [6.45, 7) is 6.50. The van der Waals surface area contributed by atoms with Crippen LogP contribution in [0.15, 0.2) is 60.7 Å². The summed E-state index contributed by atoms with van der Waals surface area (Å²) in [5.74, 6) is -2.32. The van der Waals surface area contributed by atoms with Gasteiger partial charge in [0.25, 0.3) is 11.8 Å². The van der Waals surface area contributed by atoms with Gasteiger partial charge in [0, 0.05) is 77.0 Å². The number of piperidine rings is 1.